The average molecular weight is 621 g/mol. The fourth-order valence-corrected chi connectivity index (χ4v) is 6.82. The van der Waals surface area contributed by atoms with Crippen LogP contribution in [0.25, 0.3) is 5.76 Å². The molecule has 1 saturated heterocycles. The number of piperidine rings is 1. The van der Waals surface area contributed by atoms with Crippen molar-refractivity contribution in [2.24, 2.45) is 10.9 Å². The van der Waals surface area contributed by atoms with Crippen LogP contribution in [0.4, 0.5) is 10.1 Å². The van der Waals surface area contributed by atoms with Gasteiger partial charge in [0.05, 0.1) is 11.1 Å². The highest BCUT2D eigenvalue weighted by atomic mass is 19.1. The topological polar surface area (TPSA) is 74.8 Å². The first-order valence-electron chi connectivity index (χ1n) is 16.9. The van der Waals surface area contributed by atoms with Gasteiger partial charge < -0.3 is 20.7 Å². The summed E-state index contributed by atoms with van der Waals surface area (Å²) in [5.74, 6) is 0.569. The highest BCUT2D eigenvalue weighted by molar-refractivity contribution is 6.02. The number of aryl methyl sites for hydroxylation is 4. The summed E-state index contributed by atoms with van der Waals surface area (Å²) in [4.78, 5) is 17.5. The van der Waals surface area contributed by atoms with Gasteiger partial charge in [-0.1, -0.05) is 37.8 Å². The first-order chi connectivity index (χ1) is 22.5. The average Bonchev–Trinajstić information content (AvgIpc) is 3.46. The van der Waals surface area contributed by atoms with E-state index in [9.17, 15) is 4.79 Å². The molecule has 3 aromatic carbocycles. The Labute approximate surface area is 271 Å². The van der Waals surface area contributed by atoms with E-state index in [-0.39, 0.29) is 11.4 Å². The Bertz CT molecular complexity index is 1760. The van der Waals surface area contributed by atoms with E-state index in [2.05, 4.69) is 59.8 Å². The molecule has 6 rings (SSSR count). The quantitative estimate of drug-likeness (QED) is 0.223. The summed E-state index contributed by atoms with van der Waals surface area (Å²) in [6.45, 7) is 8.86. The van der Waals surface area contributed by atoms with Gasteiger partial charge in [0.15, 0.2) is 11.6 Å². The lowest BCUT2D eigenvalue weighted by atomic mass is 9.89. The summed E-state index contributed by atoms with van der Waals surface area (Å²) in [6, 6.07) is 15.5. The number of ether oxygens (including phenoxy) is 1. The Morgan fingerprint density at radius 3 is 2.72 bits per heavy atom. The highest BCUT2D eigenvalue weighted by Gasteiger charge is 2.17. The Hall–Kier alpha value is -4.23. The fourth-order valence-electron chi connectivity index (χ4n) is 6.82. The van der Waals surface area contributed by atoms with Crippen molar-refractivity contribution < 1.29 is 13.9 Å². The Morgan fingerprint density at radius 2 is 1.89 bits per heavy atom. The van der Waals surface area contributed by atoms with E-state index < -0.39 is 11.7 Å². The zero-order valence-corrected chi connectivity index (χ0v) is 26.9. The highest BCUT2D eigenvalue weighted by Crippen LogP contribution is 2.26. The normalized spacial score (nSPS) is 15.8. The number of amides is 1. The van der Waals surface area contributed by atoms with Gasteiger partial charge in [-0.25, -0.2) is 4.39 Å². The van der Waals surface area contributed by atoms with Crippen molar-refractivity contribution in [1.82, 2.24) is 10.6 Å². The lowest BCUT2D eigenvalue weighted by Gasteiger charge is -2.23. The number of nitrogens with one attached hydrogen (secondary N) is 3. The predicted octanol–water partition coefficient (Wildman–Crippen LogP) is 5.82. The minimum atomic E-state index is -0.554. The lowest BCUT2D eigenvalue weighted by molar-refractivity contribution is -0.113. The molecule has 0 unspecified atom stereocenters. The summed E-state index contributed by atoms with van der Waals surface area (Å²) >= 11 is 0. The molecule has 2 aliphatic heterocycles. The monoisotopic (exact) mass is 620 g/mol. The number of hydrogen-bond acceptors (Lipinski definition) is 5. The van der Waals surface area contributed by atoms with Crippen LogP contribution in [0.1, 0.15) is 66.8 Å². The summed E-state index contributed by atoms with van der Waals surface area (Å²) in [5, 5.41) is 11.1. The van der Waals surface area contributed by atoms with Crippen molar-refractivity contribution in [1.29, 1.82) is 0 Å². The van der Waals surface area contributed by atoms with Gasteiger partial charge in [-0.15, -0.1) is 0 Å². The van der Waals surface area contributed by atoms with Crippen LogP contribution in [0.15, 0.2) is 78.1 Å². The smallest absolute Gasteiger partial charge is 0.271 e. The van der Waals surface area contributed by atoms with Crippen LogP contribution in [-0.2, 0) is 36.9 Å². The van der Waals surface area contributed by atoms with E-state index in [1.807, 2.05) is 6.08 Å². The molecule has 1 aliphatic carbocycles. The van der Waals surface area contributed by atoms with E-state index >= 15 is 4.39 Å². The van der Waals surface area contributed by atoms with Crippen molar-refractivity contribution in [2.45, 2.75) is 71.1 Å². The predicted molar refractivity (Wildman–Crippen MR) is 183 cm³/mol. The van der Waals surface area contributed by atoms with Gasteiger partial charge in [-0.3, -0.25) is 9.79 Å². The number of benzene rings is 3. The molecule has 2 heterocycles. The molecular formula is C39H45FN4O2. The summed E-state index contributed by atoms with van der Waals surface area (Å²) in [7, 11) is 0. The molecule has 3 N–H and O–H groups in total. The second-order valence-corrected chi connectivity index (χ2v) is 12.7. The molecule has 3 aromatic rings. The van der Waals surface area contributed by atoms with Gasteiger partial charge in [0.1, 0.15) is 5.76 Å². The molecule has 0 spiro atoms. The molecule has 46 heavy (non-hydrogen) atoms. The third-order valence-corrected chi connectivity index (χ3v) is 9.51. The summed E-state index contributed by atoms with van der Waals surface area (Å²) in [5.41, 5.74) is 7.33. The maximum Gasteiger partial charge on any atom is 0.271 e. The van der Waals surface area contributed by atoms with Crippen LogP contribution in [0.3, 0.4) is 0 Å². The Morgan fingerprint density at radius 1 is 1.04 bits per heavy atom. The standard InChI is InChI=1S/C39H45FN4O2/c1-3-29-23-34-36(24-32(29)12-9-27-15-19-41-20-16-27)43-18-5-8-37(34)46-38-14-13-33(25-35(38)40)44-39(45)26(2)42-21-17-28-10-11-30-6-4-7-31(30)22-28/h5,10-11,13-14,18,22-25,27,41-42H,2-4,6-9,12,15-17,19-21H2,1H3,(H,44,45). The first-order valence-corrected chi connectivity index (χ1v) is 16.9. The summed E-state index contributed by atoms with van der Waals surface area (Å²) in [6.07, 6.45) is 14.2. The van der Waals surface area contributed by atoms with Gasteiger partial charge >= 0.3 is 0 Å². The molecule has 6 nitrogen and oxygen atoms in total. The van der Waals surface area contributed by atoms with E-state index in [1.165, 1.54) is 66.0 Å². The molecular weight excluding hydrogens is 575 g/mol. The molecule has 0 radical (unpaired) electrons. The van der Waals surface area contributed by atoms with Crippen molar-refractivity contribution >= 4 is 17.4 Å². The molecule has 0 aromatic heterocycles. The third-order valence-electron chi connectivity index (χ3n) is 9.51. The number of nitrogens with zero attached hydrogens (tertiary/aromatic N) is 1. The van der Waals surface area contributed by atoms with Crippen LogP contribution < -0.4 is 31.3 Å². The summed E-state index contributed by atoms with van der Waals surface area (Å²) < 4.78 is 21.5. The van der Waals surface area contributed by atoms with Crippen LogP contribution in [-0.4, -0.2) is 25.5 Å². The van der Waals surface area contributed by atoms with Crippen LogP contribution >= 0.6 is 0 Å². The van der Waals surface area contributed by atoms with Gasteiger partial charge in [0.25, 0.3) is 5.91 Å². The number of fused-ring (bicyclic) bond motifs is 2. The maximum atomic E-state index is 15.3. The van der Waals surface area contributed by atoms with Crippen molar-refractivity contribution in [3.05, 3.63) is 117 Å². The van der Waals surface area contributed by atoms with Crippen molar-refractivity contribution in [3.63, 3.8) is 0 Å². The van der Waals surface area contributed by atoms with Crippen molar-refractivity contribution in [3.8, 4) is 5.75 Å². The second kappa shape index (κ2) is 14.9. The molecule has 1 fully saturated rings. The van der Waals surface area contributed by atoms with Crippen LogP contribution in [0.5, 0.6) is 5.75 Å². The molecule has 0 bridgehead atoms. The molecule has 3 aliphatic rings. The van der Waals surface area contributed by atoms with Gasteiger partial charge in [-0.05, 0) is 129 Å². The molecule has 1 amide bonds. The zero-order valence-electron chi connectivity index (χ0n) is 26.9. The van der Waals surface area contributed by atoms with Gasteiger partial charge in [0, 0.05) is 36.1 Å². The van der Waals surface area contributed by atoms with Gasteiger partial charge in [-0.2, -0.15) is 0 Å². The number of hydrogen-bond donors (Lipinski definition) is 3. The largest absolute Gasteiger partial charge is 0.458 e. The SMILES string of the molecule is C=C(NCCc1ccc2c(c1)CCC2)C(=O)Nc1ccc(OC2=c3cc(CC)c(CCC4CCNCC4)cc3=NC=CC2)c(F)c1. The third kappa shape index (κ3) is 7.76. The second-order valence-electron chi connectivity index (χ2n) is 12.7. The number of carbonyl (C=O) groups excluding carboxylic acids is 1. The maximum absolute atomic E-state index is 15.3. The van der Waals surface area contributed by atoms with E-state index in [1.54, 1.807) is 18.3 Å². The van der Waals surface area contributed by atoms with Gasteiger partial charge in [0.2, 0.25) is 0 Å². The number of rotatable bonds is 12. The lowest BCUT2D eigenvalue weighted by Crippen LogP contribution is -2.31. The molecule has 7 heteroatoms. The van der Waals surface area contributed by atoms with E-state index in [0.29, 0.717) is 24.4 Å². The minimum Gasteiger partial charge on any atom is -0.458 e. The van der Waals surface area contributed by atoms with E-state index in [0.717, 1.165) is 55.3 Å². The van der Waals surface area contributed by atoms with Crippen molar-refractivity contribution in [2.75, 3.05) is 25.0 Å². The Kier molecular flexibility index (Phi) is 10.3. The first kappa shape index (κ1) is 31.7. The van der Waals surface area contributed by atoms with Crippen LogP contribution in [0, 0.1) is 11.7 Å². The molecule has 0 saturated carbocycles. The number of halogens is 1. The zero-order chi connectivity index (χ0) is 31.9. The van der Waals surface area contributed by atoms with Crippen LogP contribution in [0.2, 0.25) is 0 Å². The molecule has 240 valence electrons. The minimum absolute atomic E-state index is 0.105. The molecule has 0 atom stereocenters. The van der Waals surface area contributed by atoms with E-state index in [4.69, 9.17) is 9.73 Å². The fraction of sp³-hybridized carbons (Fsp3) is 0.385. The Balaban J connectivity index is 1.09. The number of anilines is 1. The number of carbonyl (C=O) groups is 1.